The van der Waals surface area contributed by atoms with Crippen LogP contribution in [0.25, 0.3) is 0 Å². The van der Waals surface area contributed by atoms with Gasteiger partial charge in [0, 0.05) is 5.69 Å². The summed E-state index contributed by atoms with van der Waals surface area (Å²) in [6.07, 6.45) is 1.01. The standard InChI is InChI=1S/C17H20N2OS/c1-2-14-7-6-8-15(13-14)19-17(21)18-11-12-20-16-9-4-3-5-10-16/h3-10,13H,2,11-12H2,1H3,(H2,18,19,21). The van der Waals surface area contributed by atoms with Crippen molar-refractivity contribution in [1.29, 1.82) is 0 Å². The van der Waals surface area contributed by atoms with Crippen LogP contribution in [-0.4, -0.2) is 18.3 Å². The van der Waals surface area contributed by atoms with Gasteiger partial charge < -0.3 is 15.4 Å². The predicted octanol–water partition coefficient (Wildman–Crippen LogP) is 3.61. The third kappa shape index (κ3) is 5.44. The molecule has 0 aromatic heterocycles. The Hall–Kier alpha value is -2.07. The fourth-order valence-electron chi connectivity index (χ4n) is 1.89. The molecule has 0 aliphatic heterocycles. The lowest BCUT2D eigenvalue weighted by atomic mass is 10.1. The number of ether oxygens (including phenoxy) is 1. The first kappa shape index (κ1) is 15.3. The SMILES string of the molecule is CCc1cccc(NC(=S)NCCOc2ccccc2)c1. The van der Waals surface area contributed by atoms with E-state index in [1.807, 2.05) is 42.5 Å². The number of hydrogen-bond donors (Lipinski definition) is 2. The van der Waals surface area contributed by atoms with E-state index in [9.17, 15) is 0 Å². The Labute approximate surface area is 131 Å². The summed E-state index contributed by atoms with van der Waals surface area (Å²) < 4.78 is 5.59. The lowest BCUT2D eigenvalue weighted by molar-refractivity contribution is 0.323. The van der Waals surface area contributed by atoms with Crippen LogP contribution in [0.2, 0.25) is 0 Å². The van der Waals surface area contributed by atoms with E-state index in [2.05, 4.69) is 29.7 Å². The molecule has 2 rings (SSSR count). The minimum absolute atomic E-state index is 0.570. The number of para-hydroxylation sites is 1. The van der Waals surface area contributed by atoms with Gasteiger partial charge >= 0.3 is 0 Å². The molecule has 0 bridgehead atoms. The number of benzene rings is 2. The zero-order valence-electron chi connectivity index (χ0n) is 12.1. The molecule has 0 amide bonds. The summed E-state index contributed by atoms with van der Waals surface area (Å²) in [5.41, 5.74) is 2.30. The van der Waals surface area contributed by atoms with Gasteiger partial charge in [0.25, 0.3) is 0 Å². The number of hydrogen-bond acceptors (Lipinski definition) is 2. The van der Waals surface area contributed by atoms with Crippen molar-refractivity contribution < 1.29 is 4.74 Å². The summed E-state index contributed by atoms with van der Waals surface area (Å²) in [6.45, 7) is 3.37. The van der Waals surface area contributed by atoms with Gasteiger partial charge in [0.15, 0.2) is 5.11 Å². The third-order valence-corrected chi connectivity index (χ3v) is 3.24. The zero-order chi connectivity index (χ0) is 14.9. The Bertz CT molecular complexity index is 572. The van der Waals surface area contributed by atoms with Crippen LogP contribution in [0.3, 0.4) is 0 Å². The lowest BCUT2D eigenvalue weighted by Crippen LogP contribution is -2.31. The van der Waals surface area contributed by atoms with Crippen LogP contribution in [-0.2, 0) is 6.42 Å². The van der Waals surface area contributed by atoms with Gasteiger partial charge in [0.1, 0.15) is 12.4 Å². The van der Waals surface area contributed by atoms with E-state index in [1.54, 1.807) is 0 Å². The molecule has 3 nitrogen and oxygen atoms in total. The van der Waals surface area contributed by atoms with E-state index in [0.29, 0.717) is 18.3 Å². The van der Waals surface area contributed by atoms with E-state index in [-0.39, 0.29) is 0 Å². The molecule has 2 aromatic rings. The van der Waals surface area contributed by atoms with Crippen LogP contribution >= 0.6 is 12.2 Å². The maximum absolute atomic E-state index is 5.59. The third-order valence-electron chi connectivity index (χ3n) is 2.99. The van der Waals surface area contributed by atoms with Crippen LogP contribution < -0.4 is 15.4 Å². The smallest absolute Gasteiger partial charge is 0.170 e. The van der Waals surface area contributed by atoms with Gasteiger partial charge in [0.2, 0.25) is 0 Å². The first-order valence-electron chi connectivity index (χ1n) is 7.09. The molecule has 0 radical (unpaired) electrons. The van der Waals surface area contributed by atoms with Crippen molar-refractivity contribution in [2.75, 3.05) is 18.5 Å². The van der Waals surface area contributed by atoms with Crippen molar-refractivity contribution in [1.82, 2.24) is 5.32 Å². The van der Waals surface area contributed by atoms with Crippen molar-refractivity contribution >= 4 is 23.0 Å². The summed E-state index contributed by atoms with van der Waals surface area (Å²) in [6, 6.07) is 18.0. The highest BCUT2D eigenvalue weighted by Crippen LogP contribution is 2.11. The van der Waals surface area contributed by atoms with Crippen molar-refractivity contribution in [3.8, 4) is 5.75 Å². The summed E-state index contributed by atoms with van der Waals surface area (Å²) in [5, 5.41) is 6.93. The first-order valence-corrected chi connectivity index (χ1v) is 7.50. The minimum Gasteiger partial charge on any atom is -0.492 e. The van der Waals surface area contributed by atoms with Crippen molar-refractivity contribution in [2.24, 2.45) is 0 Å². The van der Waals surface area contributed by atoms with Gasteiger partial charge in [-0.1, -0.05) is 37.3 Å². The van der Waals surface area contributed by atoms with E-state index >= 15 is 0 Å². The number of thiocarbonyl (C=S) groups is 1. The molecule has 4 heteroatoms. The Morgan fingerprint density at radius 3 is 2.67 bits per heavy atom. The van der Waals surface area contributed by atoms with Crippen LogP contribution in [0, 0.1) is 0 Å². The fraction of sp³-hybridized carbons (Fsp3) is 0.235. The zero-order valence-corrected chi connectivity index (χ0v) is 13.0. The molecular weight excluding hydrogens is 280 g/mol. The van der Waals surface area contributed by atoms with Crippen LogP contribution in [0.5, 0.6) is 5.75 Å². The number of anilines is 1. The van der Waals surface area contributed by atoms with E-state index in [1.165, 1.54) is 5.56 Å². The number of rotatable bonds is 6. The fourth-order valence-corrected chi connectivity index (χ4v) is 2.11. The molecule has 0 aliphatic carbocycles. The minimum atomic E-state index is 0.570. The molecule has 110 valence electrons. The molecule has 2 N–H and O–H groups in total. The van der Waals surface area contributed by atoms with Gasteiger partial charge in [-0.3, -0.25) is 0 Å². The van der Waals surface area contributed by atoms with Gasteiger partial charge in [-0.25, -0.2) is 0 Å². The molecule has 0 saturated heterocycles. The Morgan fingerprint density at radius 1 is 1.10 bits per heavy atom. The Kier molecular flexibility index (Phi) is 6.03. The molecule has 0 saturated carbocycles. The molecule has 0 spiro atoms. The second-order valence-electron chi connectivity index (χ2n) is 4.60. The van der Waals surface area contributed by atoms with E-state index in [0.717, 1.165) is 17.9 Å². The second-order valence-corrected chi connectivity index (χ2v) is 5.00. The topological polar surface area (TPSA) is 33.3 Å². The van der Waals surface area contributed by atoms with Gasteiger partial charge in [-0.15, -0.1) is 0 Å². The molecule has 0 heterocycles. The summed E-state index contributed by atoms with van der Waals surface area (Å²) in [4.78, 5) is 0. The second kappa shape index (κ2) is 8.27. The predicted molar refractivity (Wildman–Crippen MR) is 92.0 cm³/mol. The summed E-state index contributed by atoms with van der Waals surface area (Å²) in [7, 11) is 0. The van der Waals surface area contributed by atoms with Crippen LogP contribution in [0.15, 0.2) is 54.6 Å². The number of aryl methyl sites for hydroxylation is 1. The Morgan fingerprint density at radius 2 is 1.90 bits per heavy atom. The van der Waals surface area contributed by atoms with Gasteiger partial charge in [0.05, 0.1) is 6.54 Å². The summed E-state index contributed by atoms with van der Waals surface area (Å²) in [5.74, 6) is 0.869. The van der Waals surface area contributed by atoms with E-state index < -0.39 is 0 Å². The van der Waals surface area contributed by atoms with Crippen molar-refractivity contribution in [3.05, 3.63) is 60.2 Å². The number of nitrogens with one attached hydrogen (secondary N) is 2. The largest absolute Gasteiger partial charge is 0.492 e. The molecule has 0 atom stereocenters. The highest BCUT2D eigenvalue weighted by molar-refractivity contribution is 7.80. The highest BCUT2D eigenvalue weighted by Gasteiger charge is 1.98. The molecule has 0 aliphatic rings. The van der Waals surface area contributed by atoms with Crippen molar-refractivity contribution in [3.63, 3.8) is 0 Å². The normalized spacial score (nSPS) is 9.95. The molecule has 21 heavy (non-hydrogen) atoms. The monoisotopic (exact) mass is 300 g/mol. The molecule has 0 unspecified atom stereocenters. The Balaban J connectivity index is 1.70. The van der Waals surface area contributed by atoms with Gasteiger partial charge in [-0.05, 0) is 48.5 Å². The lowest BCUT2D eigenvalue weighted by Gasteiger charge is -2.12. The van der Waals surface area contributed by atoms with Crippen molar-refractivity contribution in [2.45, 2.75) is 13.3 Å². The average Bonchev–Trinajstić information content (AvgIpc) is 2.53. The van der Waals surface area contributed by atoms with E-state index in [4.69, 9.17) is 17.0 Å². The maximum Gasteiger partial charge on any atom is 0.170 e. The molecular formula is C17H20N2OS. The average molecular weight is 300 g/mol. The highest BCUT2D eigenvalue weighted by atomic mass is 32.1. The van der Waals surface area contributed by atoms with Crippen LogP contribution in [0.4, 0.5) is 5.69 Å². The summed E-state index contributed by atoms with van der Waals surface area (Å²) >= 11 is 5.27. The maximum atomic E-state index is 5.59. The molecule has 2 aromatic carbocycles. The first-order chi connectivity index (χ1) is 10.3. The van der Waals surface area contributed by atoms with Gasteiger partial charge in [-0.2, -0.15) is 0 Å². The quantitative estimate of drug-likeness (QED) is 0.631. The van der Waals surface area contributed by atoms with Crippen LogP contribution in [0.1, 0.15) is 12.5 Å². The molecule has 0 fully saturated rings.